The topological polar surface area (TPSA) is 39.9 Å². The first-order chi connectivity index (χ1) is 12.5. The summed E-state index contributed by atoms with van der Waals surface area (Å²) in [6.45, 7) is 1.96. The molecule has 2 aliphatic rings. The van der Waals surface area contributed by atoms with Gasteiger partial charge in [-0.2, -0.15) is 0 Å². The van der Waals surface area contributed by atoms with Crippen molar-refractivity contribution in [2.24, 2.45) is 5.92 Å². The third-order valence-electron chi connectivity index (χ3n) is 4.79. The van der Waals surface area contributed by atoms with Crippen molar-refractivity contribution in [2.75, 3.05) is 6.61 Å². The van der Waals surface area contributed by atoms with E-state index in [1.165, 1.54) is 12.8 Å². The van der Waals surface area contributed by atoms with E-state index in [-0.39, 0.29) is 12.5 Å². The second kappa shape index (κ2) is 6.81. The van der Waals surface area contributed by atoms with E-state index in [2.05, 4.69) is 28.2 Å². The smallest absolute Gasteiger partial charge is 0.271 e. The fourth-order valence-corrected chi connectivity index (χ4v) is 3.07. The zero-order valence-electron chi connectivity index (χ0n) is 14.7. The summed E-state index contributed by atoms with van der Waals surface area (Å²) in [5.41, 5.74) is 3.88. The van der Waals surface area contributed by atoms with Gasteiger partial charge in [0.05, 0.1) is 18.8 Å². The molecule has 2 fully saturated rings. The van der Waals surface area contributed by atoms with Gasteiger partial charge in [-0.25, -0.2) is 13.5 Å². The fraction of sp³-hybridized carbons (Fsp3) is 0.500. The van der Waals surface area contributed by atoms with E-state index < -0.39 is 12.5 Å². The van der Waals surface area contributed by atoms with Crippen LogP contribution in [-0.2, 0) is 11.3 Å². The molecule has 6 heteroatoms. The second-order valence-electron chi connectivity index (χ2n) is 7.23. The number of hydrogen-bond donors (Lipinski definition) is 0. The highest BCUT2D eigenvalue weighted by Crippen LogP contribution is 2.29. The van der Waals surface area contributed by atoms with Gasteiger partial charge >= 0.3 is 0 Å². The summed E-state index contributed by atoms with van der Waals surface area (Å²) in [4.78, 5) is 0. The highest BCUT2D eigenvalue weighted by Gasteiger charge is 2.36. The number of alkyl halides is 2. The summed E-state index contributed by atoms with van der Waals surface area (Å²) < 4.78 is 33.2. The molecule has 0 bridgehead atoms. The summed E-state index contributed by atoms with van der Waals surface area (Å²) >= 11 is 0. The first-order valence-electron chi connectivity index (χ1n) is 9.01. The number of aromatic nitrogens is 3. The maximum absolute atomic E-state index is 13.2. The molecule has 0 amide bonds. The van der Waals surface area contributed by atoms with Crippen LogP contribution in [0.25, 0.3) is 11.3 Å². The minimum Gasteiger partial charge on any atom is -0.370 e. The Morgan fingerprint density at radius 2 is 2.15 bits per heavy atom. The summed E-state index contributed by atoms with van der Waals surface area (Å²) in [5.74, 6) is 4.37. The lowest BCUT2D eigenvalue weighted by Crippen LogP contribution is -2.36. The molecule has 0 radical (unpaired) electrons. The van der Waals surface area contributed by atoms with Crippen LogP contribution in [0.15, 0.2) is 24.4 Å². The molecule has 1 aliphatic carbocycles. The van der Waals surface area contributed by atoms with E-state index >= 15 is 0 Å². The normalized spacial score (nSPS) is 21.9. The molecule has 1 aliphatic heterocycles. The Kier molecular flexibility index (Phi) is 4.49. The Hall–Kier alpha value is -2.26. The zero-order chi connectivity index (χ0) is 18.1. The second-order valence-corrected chi connectivity index (χ2v) is 7.23. The van der Waals surface area contributed by atoms with Gasteiger partial charge in [-0.1, -0.05) is 23.1 Å². The summed E-state index contributed by atoms with van der Waals surface area (Å²) in [5, 5.41) is 8.35. The maximum Gasteiger partial charge on any atom is 0.271 e. The lowest BCUT2D eigenvalue weighted by molar-refractivity contribution is -0.147. The van der Waals surface area contributed by atoms with Gasteiger partial charge in [0.2, 0.25) is 0 Å². The molecule has 1 unspecified atom stereocenters. The number of nitrogens with zero attached hydrogens (tertiary/aromatic N) is 3. The third kappa shape index (κ3) is 4.10. The predicted octanol–water partition coefficient (Wildman–Crippen LogP) is 3.83. The molecule has 1 aromatic heterocycles. The van der Waals surface area contributed by atoms with E-state index in [0.29, 0.717) is 18.9 Å². The first kappa shape index (κ1) is 17.2. The molecule has 2 aromatic rings. The Morgan fingerprint density at radius 3 is 2.85 bits per heavy atom. The number of ether oxygens (including phenoxy) is 1. The van der Waals surface area contributed by atoms with Crippen LogP contribution < -0.4 is 0 Å². The average Bonchev–Trinajstić information content (AvgIpc) is 3.33. The van der Waals surface area contributed by atoms with Crippen molar-refractivity contribution < 1.29 is 13.5 Å². The Morgan fingerprint density at radius 1 is 1.31 bits per heavy atom. The molecule has 1 aromatic carbocycles. The largest absolute Gasteiger partial charge is 0.370 e. The quantitative estimate of drug-likeness (QED) is 0.784. The monoisotopic (exact) mass is 357 g/mol. The molecule has 0 spiro atoms. The van der Waals surface area contributed by atoms with Crippen LogP contribution >= 0.6 is 0 Å². The van der Waals surface area contributed by atoms with E-state index in [4.69, 9.17) is 4.74 Å². The van der Waals surface area contributed by atoms with Crippen LogP contribution in [-0.4, -0.2) is 33.6 Å². The van der Waals surface area contributed by atoms with Crippen molar-refractivity contribution in [3.8, 4) is 23.1 Å². The van der Waals surface area contributed by atoms with Crippen molar-refractivity contribution >= 4 is 0 Å². The molecule has 1 saturated carbocycles. The van der Waals surface area contributed by atoms with Gasteiger partial charge in [0.15, 0.2) is 0 Å². The minimum absolute atomic E-state index is 0.137. The Labute approximate surface area is 151 Å². The van der Waals surface area contributed by atoms with Crippen molar-refractivity contribution in [2.45, 2.75) is 51.2 Å². The van der Waals surface area contributed by atoms with Gasteiger partial charge in [-0.3, -0.25) is 0 Å². The molecule has 2 heterocycles. The first-order valence-corrected chi connectivity index (χ1v) is 9.01. The molecule has 1 atom stereocenters. The fourth-order valence-electron chi connectivity index (χ4n) is 3.07. The Balaban J connectivity index is 1.43. The SMILES string of the molecule is Cc1cc(C#CC2CC2)ccc1-c1cn(CC2CCC(F)(F)CO2)nn1. The van der Waals surface area contributed by atoms with Crippen LogP contribution in [0.1, 0.15) is 36.8 Å². The molecule has 136 valence electrons. The van der Waals surface area contributed by atoms with Crippen molar-refractivity contribution in [1.29, 1.82) is 0 Å². The van der Waals surface area contributed by atoms with Gasteiger partial charge in [0.1, 0.15) is 12.3 Å². The van der Waals surface area contributed by atoms with E-state index in [9.17, 15) is 8.78 Å². The number of rotatable bonds is 3. The van der Waals surface area contributed by atoms with Crippen LogP contribution in [0.5, 0.6) is 0 Å². The van der Waals surface area contributed by atoms with E-state index in [1.807, 2.05) is 25.3 Å². The molecule has 4 rings (SSSR count). The van der Waals surface area contributed by atoms with Crippen molar-refractivity contribution in [1.82, 2.24) is 15.0 Å². The molecule has 26 heavy (non-hydrogen) atoms. The molecule has 1 saturated heterocycles. The zero-order valence-corrected chi connectivity index (χ0v) is 14.7. The van der Waals surface area contributed by atoms with Crippen LogP contribution in [0.3, 0.4) is 0 Å². The predicted molar refractivity (Wildman–Crippen MR) is 93.7 cm³/mol. The number of hydrogen-bond acceptors (Lipinski definition) is 3. The Bertz CT molecular complexity index is 851. The summed E-state index contributed by atoms with van der Waals surface area (Å²) in [7, 11) is 0. The highest BCUT2D eigenvalue weighted by atomic mass is 19.3. The van der Waals surface area contributed by atoms with Crippen LogP contribution in [0, 0.1) is 24.7 Å². The highest BCUT2D eigenvalue weighted by molar-refractivity contribution is 5.64. The average molecular weight is 357 g/mol. The molecule has 0 N–H and O–H groups in total. The van der Waals surface area contributed by atoms with Gasteiger partial charge < -0.3 is 4.74 Å². The molecular weight excluding hydrogens is 336 g/mol. The third-order valence-corrected chi connectivity index (χ3v) is 4.79. The maximum atomic E-state index is 13.2. The van der Waals surface area contributed by atoms with Gasteiger partial charge in [0.25, 0.3) is 5.92 Å². The number of halogens is 2. The van der Waals surface area contributed by atoms with Gasteiger partial charge in [0, 0.05) is 23.5 Å². The number of aryl methyl sites for hydroxylation is 1. The minimum atomic E-state index is -2.70. The lowest BCUT2D eigenvalue weighted by Gasteiger charge is -2.28. The standard InChI is InChI=1S/C20H21F2N3O/c1-14-10-16(5-4-15-2-3-15)6-7-18(14)19-12-25(24-23-19)11-17-8-9-20(21,22)13-26-17/h6-7,10,12,15,17H,2-3,8-9,11,13H2,1H3. The van der Waals surface area contributed by atoms with Crippen LogP contribution in [0.4, 0.5) is 8.78 Å². The van der Waals surface area contributed by atoms with E-state index in [0.717, 1.165) is 22.4 Å². The van der Waals surface area contributed by atoms with E-state index in [1.54, 1.807) is 4.68 Å². The van der Waals surface area contributed by atoms with Crippen molar-refractivity contribution in [3.05, 3.63) is 35.5 Å². The van der Waals surface area contributed by atoms with Gasteiger partial charge in [-0.15, -0.1) is 5.10 Å². The van der Waals surface area contributed by atoms with Gasteiger partial charge in [-0.05, 0) is 43.9 Å². The summed E-state index contributed by atoms with van der Waals surface area (Å²) in [6.07, 6.45) is 4.22. The molecule has 4 nitrogen and oxygen atoms in total. The van der Waals surface area contributed by atoms with Crippen LogP contribution in [0.2, 0.25) is 0 Å². The lowest BCUT2D eigenvalue weighted by atomic mass is 10.0. The van der Waals surface area contributed by atoms with Crippen molar-refractivity contribution in [3.63, 3.8) is 0 Å². The molecular formula is C20H21F2N3O. The number of benzene rings is 1. The summed E-state index contributed by atoms with van der Waals surface area (Å²) in [6, 6.07) is 6.08.